The predicted octanol–water partition coefficient (Wildman–Crippen LogP) is 0.968. The molecule has 1 atom stereocenters. The molecule has 0 aliphatic carbocycles. The van der Waals surface area contributed by atoms with Gasteiger partial charge >= 0.3 is 0 Å². The molecule has 1 fully saturated rings. The van der Waals surface area contributed by atoms with Crippen molar-refractivity contribution in [3.05, 3.63) is 45.7 Å². The summed E-state index contributed by atoms with van der Waals surface area (Å²) in [6.07, 6.45) is 4.90. The fourth-order valence-corrected chi connectivity index (χ4v) is 5.31. The maximum Gasteiger partial charge on any atom is 0.299 e. The summed E-state index contributed by atoms with van der Waals surface area (Å²) in [6, 6.07) is 0. The summed E-state index contributed by atoms with van der Waals surface area (Å²) < 4.78 is 8.96. The molecule has 3 aliphatic rings. The highest BCUT2D eigenvalue weighted by atomic mass is 16.5. The summed E-state index contributed by atoms with van der Waals surface area (Å²) in [5, 5.41) is 14.9. The van der Waals surface area contributed by atoms with E-state index in [0.717, 1.165) is 30.7 Å². The van der Waals surface area contributed by atoms with Gasteiger partial charge in [0.25, 0.3) is 11.5 Å². The molecule has 12 heteroatoms. The Morgan fingerprint density at radius 2 is 1.97 bits per heavy atom. The molecule has 6 rings (SSSR count). The van der Waals surface area contributed by atoms with E-state index in [1.165, 1.54) is 10.8 Å². The second kappa shape index (κ2) is 8.70. The molecule has 12 nitrogen and oxygen atoms in total. The first-order chi connectivity index (χ1) is 17.4. The molecule has 1 amide bonds. The lowest BCUT2D eigenvalue weighted by atomic mass is 10.1. The lowest BCUT2D eigenvalue weighted by molar-refractivity contribution is 0.0736. The SMILES string of the molecule is Cc1ncnc(C(=O)N2CCN(c3c4n(c5nc(C6=CCOCC6)nn5c3=O)CCC4C)CC2)c1O. The van der Waals surface area contributed by atoms with Crippen LogP contribution in [0, 0.1) is 6.92 Å². The first-order valence-electron chi connectivity index (χ1n) is 12.3. The Bertz CT molecular complexity index is 1450. The predicted molar refractivity (Wildman–Crippen MR) is 130 cm³/mol. The fourth-order valence-electron chi connectivity index (χ4n) is 5.31. The highest BCUT2D eigenvalue weighted by Crippen LogP contribution is 2.35. The quantitative estimate of drug-likeness (QED) is 0.568. The standard InChI is InChI=1S/C24H28N8O4/c1-14-3-6-31-18(14)19(23(35)32-24(31)27-21(28-32)16-4-11-36-12-5-16)29-7-9-30(10-8-29)22(34)17-20(33)15(2)25-13-26-17/h4,13-14,33H,3,5-12H2,1-2H3. The van der Waals surface area contributed by atoms with Crippen LogP contribution in [-0.4, -0.2) is 84.4 Å². The molecule has 0 spiro atoms. The minimum atomic E-state index is -0.339. The van der Waals surface area contributed by atoms with Crippen molar-refractivity contribution in [1.29, 1.82) is 0 Å². The summed E-state index contributed by atoms with van der Waals surface area (Å²) in [7, 11) is 0. The van der Waals surface area contributed by atoms with E-state index in [4.69, 9.17) is 9.72 Å². The molecule has 3 aromatic heterocycles. The Kier molecular flexibility index (Phi) is 5.47. The number of hydrogen-bond acceptors (Lipinski definition) is 9. The molecule has 1 saturated heterocycles. The smallest absolute Gasteiger partial charge is 0.299 e. The van der Waals surface area contributed by atoms with Crippen LogP contribution in [0.1, 0.15) is 53.4 Å². The Morgan fingerprint density at radius 3 is 2.72 bits per heavy atom. The summed E-state index contributed by atoms with van der Waals surface area (Å²) in [5.41, 5.74) is 2.81. The van der Waals surface area contributed by atoms with E-state index in [0.29, 0.717) is 62.4 Å². The lowest BCUT2D eigenvalue weighted by Crippen LogP contribution is -2.51. The Hall–Kier alpha value is -3.80. The van der Waals surface area contributed by atoms with E-state index >= 15 is 0 Å². The Morgan fingerprint density at radius 1 is 1.17 bits per heavy atom. The molecule has 3 aliphatic heterocycles. The van der Waals surface area contributed by atoms with Crippen molar-refractivity contribution < 1.29 is 14.6 Å². The highest BCUT2D eigenvalue weighted by molar-refractivity contribution is 5.95. The largest absolute Gasteiger partial charge is 0.504 e. The zero-order valence-electron chi connectivity index (χ0n) is 20.3. The average Bonchev–Trinajstić information content (AvgIpc) is 3.51. The second-order valence-electron chi connectivity index (χ2n) is 9.52. The zero-order valence-corrected chi connectivity index (χ0v) is 20.3. The van der Waals surface area contributed by atoms with Gasteiger partial charge in [-0.1, -0.05) is 13.0 Å². The molecular weight excluding hydrogens is 464 g/mol. The van der Waals surface area contributed by atoms with Crippen molar-refractivity contribution in [2.75, 3.05) is 44.3 Å². The summed E-state index contributed by atoms with van der Waals surface area (Å²) in [5.74, 6) is 0.836. The number of fused-ring (bicyclic) bond motifs is 3. The first kappa shape index (κ1) is 22.7. The third-order valence-corrected chi connectivity index (χ3v) is 7.35. The topological polar surface area (TPSA) is 131 Å². The first-order valence-corrected chi connectivity index (χ1v) is 12.3. The van der Waals surface area contributed by atoms with Crippen molar-refractivity contribution in [1.82, 2.24) is 34.0 Å². The maximum absolute atomic E-state index is 13.8. The van der Waals surface area contributed by atoms with Crippen molar-refractivity contribution in [2.45, 2.75) is 39.2 Å². The molecule has 3 aromatic rings. The van der Waals surface area contributed by atoms with Crippen LogP contribution in [0.2, 0.25) is 0 Å². The van der Waals surface area contributed by atoms with Crippen molar-refractivity contribution in [3.63, 3.8) is 0 Å². The molecule has 6 heterocycles. The van der Waals surface area contributed by atoms with Gasteiger partial charge < -0.3 is 24.2 Å². The average molecular weight is 493 g/mol. The van der Waals surface area contributed by atoms with Crippen LogP contribution in [-0.2, 0) is 11.3 Å². The Balaban J connectivity index is 1.33. The van der Waals surface area contributed by atoms with Crippen LogP contribution in [0.4, 0.5) is 5.69 Å². The molecular formula is C24H28N8O4. The number of rotatable bonds is 3. The van der Waals surface area contributed by atoms with Gasteiger partial charge in [-0.05, 0) is 25.3 Å². The van der Waals surface area contributed by atoms with Gasteiger partial charge in [-0.25, -0.2) is 9.97 Å². The van der Waals surface area contributed by atoms with Gasteiger partial charge in [0.2, 0.25) is 5.78 Å². The number of nitrogens with zero attached hydrogens (tertiary/aromatic N) is 8. The monoisotopic (exact) mass is 492 g/mol. The third-order valence-electron chi connectivity index (χ3n) is 7.35. The Labute approximate surface area is 206 Å². The minimum absolute atomic E-state index is 0.00418. The van der Waals surface area contributed by atoms with Crippen molar-refractivity contribution >= 4 is 22.9 Å². The van der Waals surface area contributed by atoms with E-state index in [2.05, 4.69) is 31.5 Å². The van der Waals surface area contributed by atoms with Crippen LogP contribution >= 0.6 is 0 Å². The van der Waals surface area contributed by atoms with E-state index in [1.807, 2.05) is 6.08 Å². The van der Waals surface area contributed by atoms with Gasteiger partial charge in [0, 0.05) is 38.6 Å². The zero-order chi connectivity index (χ0) is 25.0. The summed E-state index contributed by atoms with van der Waals surface area (Å²) in [6.45, 7) is 7.47. The number of anilines is 1. The van der Waals surface area contributed by atoms with Gasteiger partial charge in [0.1, 0.15) is 12.0 Å². The molecule has 0 radical (unpaired) electrons. The normalized spacial score (nSPS) is 20.1. The number of carbonyl (C=O) groups excluding carboxylic acids is 1. The van der Waals surface area contributed by atoms with E-state index in [9.17, 15) is 14.7 Å². The summed E-state index contributed by atoms with van der Waals surface area (Å²) >= 11 is 0. The second-order valence-corrected chi connectivity index (χ2v) is 9.52. The van der Waals surface area contributed by atoms with Crippen molar-refractivity contribution in [2.24, 2.45) is 0 Å². The van der Waals surface area contributed by atoms with Gasteiger partial charge in [0.15, 0.2) is 17.3 Å². The fraction of sp³-hybridized carbons (Fsp3) is 0.500. The summed E-state index contributed by atoms with van der Waals surface area (Å²) in [4.78, 5) is 43.2. The molecule has 0 saturated carbocycles. The number of aromatic hydroxyl groups is 1. The maximum atomic E-state index is 13.8. The number of amides is 1. The molecule has 1 unspecified atom stereocenters. The lowest BCUT2D eigenvalue weighted by Gasteiger charge is -2.36. The number of hydrogen-bond donors (Lipinski definition) is 1. The van der Waals surface area contributed by atoms with Crippen LogP contribution in [0.15, 0.2) is 17.2 Å². The van der Waals surface area contributed by atoms with E-state index < -0.39 is 0 Å². The number of aromatic nitrogens is 6. The van der Waals surface area contributed by atoms with Crippen LogP contribution in [0.25, 0.3) is 11.4 Å². The number of carbonyl (C=O) groups is 1. The minimum Gasteiger partial charge on any atom is -0.504 e. The van der Waals surface area contributed by atoms with Crippen LogP contribution in [0.3, 0.4) is 0 Å². The van der Waals surface area contributed by atoms with Crippen LogP contribution in [0.5, 0.6) is 5.75 Å². The molecule has 188 valence electrons. The van der Waals surface area contributed by atoms with Gasteiger partial charge in [-0.2, -0.15) is 9.50 Å². The van der Waals surface area contributed by atoms with Gasteiger partial charge in [-0.15, -0.1) is 5.10 Å². The van der Waals surface area contributed by atoms with Crippen molar-refractivity contribution in [3.8, 4) is 5.75 Å². The molecule has 1 N–H and O–H groups in total. The van der Waals surface area contributed by atoms with E-state index in [1.54, 1.807) is 11.8 Å². The number of aryl methyl sites for hydroxylation is 2. The molecule has 0 bridgehead atoms. The third kappa shape index (κ3) is 3.55. The molecule has 0 aromatic carbocycles. The number of piperazine rings is 1. The van der Waals surface area contributed by atoms with E-state index in [-0.39, 0.29) is 28.8 Å². The highest BCUT2D eigenvalue weighted by Gasteiger charge is 2.34. The van der Waals surface area contributed by atoms with Gasteiger partial charge in [0.05, 0.1) is 24.6 Å². The molecule has 36 heavy (non-hydrogen) atoms. The number of ether oxygens (including phenoxy) is 1. The van der Waals surface area contributed by atoms with Gasteiger partial charge in [-0.3, -0.25) is 9.59 Å². The van der Waals surface area contributed by atoms with Crippen LogP contribution < -0.4 is 10.5 Å².